The molecule has 1 aromatic heterocycles. The lowest BCUT2D eigenvalue weighted by molar-refractivity contribution is -0.402. The van der Waals surface area contributed by atoms with Crippen LogP contribution in [-0.2, 0) is 23.7 Å². The average molecular weight is 667 g/mol. The van der Waals surface area contributed by atoms with Crippen LogP contribution in [0.2, 0.25) is 0 Å². The van der Waals surface area contributed by atoms with E-state index in [-0.39, 0.29) is 11.5 Å². The number of methoxy groups -OCH3 is 2. The number of hydrogen-bond donors (Lipinski definition) is 1. The van der Waals surface area contributed by atoms with Crippen molar-refractivity contribution in [3.05, 3.63) is 54.9 Å². The van der Waals surface area contributed by atoms with Crippen molar-refractivity contribution in [1.82, 2.24) is 14.8 Å². The number of nitrogens with one attached hydrogen (secondary N) is 1. The second-order valence-corrected chi connectivity index (χ2v) is 9.84. The molecule has 0 radical (unpaired) electrons. The van der Waals surface area contributed by atoms with E-state index in [1.807, 2.05) is 6.92 Å². The number of carbonyl (C=O) groups is 1. The van der Waals surface area contributed by atoms with Crippen molar-refractivity contribution in [3.8, 4) is 22.8 Å². The van der Waals surface area contributed by atoms with Crippen molar-refractivity contribution < 1.29 is 63.9 Å². The van der Waals surface area contributed by atoms with Crippen LogP contribution in [0.5, 0.6) is 5.75 Å². The van der Waals surface area contributed by atoms with E-state index < -0.39 is 60.8 Å². The molecule has 1 fully saturated rings. The Bertz CT molecular complexity index is 1460. The molecule has 11 nitrogen and oxygen atoms in total. The third kappa shape index (κ3) is 7.35. The fourth-order valence-electron chi connectivity index (χ4n) is 4.54. The normalized spacial score (nSPS) is 22.4. The number of rotatable bonds is 11. The van der Waals surface area contributed by atoms with Crippen molar-refractivity contribution in [3.63, 3.8) is 0 Å². The molecule has 0 aliphatic carbocycles. The van der Waals surface area contributed by atoms with Gasteiger partial charge in [-0.05, 0) is 62.4 Å². The third-order valence-corrected chi connectivity index (χ3v) is 6.80. The molecule has 1 aliphatic heterocycles. The number of hydrogen-bond acceptors (Lipinski definition) is 9. The SMILES string of the molecule is CCO[C@@H]1[C@@H](OC)[C@H](C)O[C@@H](OC(=O)Nc2ccc(-c3ncn(-c4ccc(OC(F)(F)C(F)(F)C(F)(F)F)cc4)n3)cc2)[C@@H]1OC. The summed E-state index contributed by atoms with van der Waals surface area (Å²) in [6, 6.07) is 10.0. The number of benzene rings is 2. The molecule has 1 aliphatic rings. The molecule has 4 rings (SSSR count). The topological polar surface area (TPSA) is 115 Å². The first kappa shape index (κ1) is 34.9. The fourth-order valence-corrected chi connectivity index (χ4v) is 4.54. The highest BCUT2D eigenvalue weighted by Gasteiger charge is 2.75. The Morgan fingerprint density at radius 1 is 0.935 bits per heavy atom. The summed E-state index contributed by atoms with van der Waals surface area (Å²) in [6.45, 7) is 3.94. The number of amides is 1. The number of nitrogens with zero attached hydrogens (tertiary/aromatic N) is 3. The van der Waals surface area contributed by atoms with Crippen molar-refractivity contribution in [2.75, 3.05) is 26.1 Å². The molecule has 1 saturated heterocycles. The van der Waals surface area contributed by atoms with Crippen LogP contribution in [-0.4, -0.2) is 90.6 Å². The van der Waals surface area contributed by atoms with Crippen LogP contribution in [0.25, 0.3) is 17.1 Å². The molecule has 18 heteroatoms. The molecule has 0 saturated carbocycles. The highest BCUT2D eigenvalue weighted by Crippen LogP contribution is 2.47. The largest absolute Gasteiger partial charge is 0.474 e. The van der Waals surface area contributed by atoms with Crippen molar-refractivity contribution >= 4 is 11.8 Å². The van der Waals surface area contributed by atoms with Gasteiger partial charge in [0.25, 0.3) is 0 Å². The molecule has 2 aromatic carbocycles. The Morgan fingerprint density at radius 2 is 1.57 bits per heavy atom. The van der Waals surface area contributed by atoms with Crippen molar-refractivity contribution in [2.24, 2.45) is 0 Å². The molecule has 0 spiro atoms. The van der Waals surface area contributed by atoms with Gasteiger partial charge in [-0.25, -0.2) is 14.5 Å². The number of aromatic nitrogens is 3. The Hall–Kier alpha value is -4.00. The first-order valence-corrected chi connectivity index (χ1v) is 13.6. The highest BCUT2D eigenvalue weighted by atomic mass is 19.4. The molecular weight excluding hydrogens is 637 g/mol. The van der Waals surface area contributed by atoms with E-state index in [0.29, 0.717) is 17.9 Å². The lowest BCUT2D eigenvalue weighted by Crippen LogP contribution is -2.60. The molecule has 0 unspecified atom stereocenters. The summed E-state index contributed by atoms with van der Waals surface area (Å²) in [5.74, 6) is -7.15. The highest BCUT2D eigenvalue weighted by molar-refractivity contribution is 5.85. The lowest BCUT2D eigenvalue weighted by Gasteiger charge is -2.43. The summed E-state index contributed by atoms with van der Waals surface area (Å²) in [6.07, 6.45) is -15.3. The van der Waals surface area contributed by atoms with E-state index in [9.17, 15) is 35.5 Å². The van der Waals surface area contributed by atoms with Gasteiger partial charge in [-0.15, -0.1) is 5.10 Å². The van der Waals surface area contributed by atoms with E-state index >= 15 is 0 Å². The molecule has 2 heterocycles. The Labute approximate surface area is 257 Å². The summed E-state index contributed by atoms with van der Waals surface area (Å²) in [4.78, 5) is 16.8. The van der Waals surface area contributed by atoms with Crippen LogP contribution in [0.1, 0.15) is 13.8 Å². The van der Waals surface area contributed by atoms with E-state index in [4.69, 9.17) is 23.7 Å². The van der Waals surface area contributed by atoms with Crippen LogP contribution in [0.15, 0.2) is 54.9 Å². The van der Waals surface area contributed by atoms with Gasteiger partial charge in [0.2, 0.25) is 6.29 Å². The van der Waals surface area contributed by atoms with Gasteiger partial charge in [-0.1, -0.05) is 0 Å². The van der Waals surface area contributed by atoms with Gasteiger partial charge in [-0.2, -0.15) is 30.7 Å². The Kier molecular flexibility index (Phi) is 10.4. The molecule has 252 valence electrons. The van der Waals surface area contributed by atoms with Crippen LogP contribution >= 0.6 is 0 Å². The first-order chi connectivity index (χ1) is 21.6. The second kappa shape index (κ2) is 13.8. The monoisotopic (exact) mass is 666 g/mol. The summed E-state index contributed by atoms with van der Waals surface area (Å²) in [5, 5.41) is 6.82. The minimum Gasteiger partial charge on any atom is -0.428 e. The molecule has 0 bridgehead atoms. The van der Waals surface area contributed by atoms with Gasteiger partial charge < -0.3 is 28.4 Å². The van der Waals surface area contributed by atoms with Gasteiger partial charge in [0, 0.05) is 32.1 Å². The molecule has 1 N–H and O–H groups in total. The Morgan fingerprint density at radius 3 is 2.13 bits per heavy atom. The minimum atomic E-state index is -6.52. The van der Waals surface area contributed by atoms with Crippen LogP contribution < -0.4 is 10.1 Å². The summed E-state index contributed by atoms with van der Waals surface area (Å²) in [7, 11) is 2.95. The first-order valence-electron chi connectivity index (χ1n) is 13.6. The van der Waals surface area contributed by atoms with Gasteiger partial charge >= 0.3 is 24.3 Å². The van der Waals surface area contributed by atoms with Gasteiger partial charge in [0.15, 0.2) is 5.82 Å². The zero-order chi connectivity index (χ0) is 33.9. The second-order valence-electron chi connectivity index (χ2n) is 9.84. The van der Waals surface area contributed by atoms with E-state index in [1.165, 1.54) is 25.2 Å². The summed E-state index contributed by atoms with van der Waals surface area (Å²) in [5.41, 5.74) is 1.06. The predicted molar refractivity (Wildman–Crippen MR) is 145 cm³/mol. The number of carbonyl (C=O) groups excluding carboxylic acids is 1. The zero-order valence-electron chi connectivity index (χ0n) is 24.6. The quantitative estimate of drug-likeness (QED) is 0.253. The maximum absolute atomic E-state index is 13.5. The van der Waals surface area contributed by atoms with E-state index in [0.717, 1.165) is 24.3 Å². The summed E-state index contributed by atoms with van der Waals surface area (Å²) >= 11 is 0. The van der Waals surface area contributed by atoms with E-state index in [2.05, 4.69) is 20.1 Å². The Balaban J connectivity index is 1.38. The number of halogens is 7. The van der Waals surface area contributed by atoms with Gasteiger partial charge in [0.1, 0.15) is 30.4 Å². The molecule has 1 amide bonds. The maximum atomic E-state index is 13.5. The number of ether oxygens (including phenoxy) is 6. The summed E-state index contributed by atoms with van der Waals surface area (Å²) < 4.78 is 123. The number of alkyl halides is 7. The minimum absolute atomic E-state index is 0.202. The van der Waals surface area contributed by atoms with Crippen LogP contribution in [0.3, 0.4) is 0 Å². The fraction of sp³-hybridized carbons (Fsp3) is 0.464. The number of anilines is 1. The zero-order valence-corrected chi connectivity index (χ0v) is 24.6. The molecule has 5 atom stereocenters. The van der Waals surface area contributed by atoms with Crippen molar-refractivity contribution in [1.29, 1.82) is 0 Å². The predicted octanol–water partition coefficient (Wildman–Crippen LogP) is 5.83. The third-order valence-electron chi connectivity index (χ3n) is 6.80. The molecule has 46 heavy (non-hydrogen) atoms. The van der Waals surface area contributed by atoms with Gasteiger partial charge in [-0.3, -0.25) is 5.32 Å². The standard InChI is InChI=1S/C28H29F7N4O7/c1-5-43-21-20(41-3)15(2)44-24(22(21)42-4)45-25(40)37-17-8-6-16(7-9-17)23-36-14-39(38-23)18-10-12-19(13-11-18)46-28(34,35)26(29,30)27(31,32)33/h6-15,20-22,24H,5H2,1-4H3,(H,37,40)/t15-,20-,21+,22+,24-/m0/s1. The lowest BCUT2D eigenvalue weighted by atomic mass is 9.99. The van der Waals surface area contributed by atoms with Gasteiger partial charge in [0.05, 0.1) is 11.8 Å². The smallest absolute Gasteiger partial charge is 0.428 e. The van der Waals surface area contributed by atoms with Crippen LogP contribution in [0, 0.1) is 0 Å². The molecular formula is C28H29F7N4O7. The maximum Gasteiger partial charge on any atom is 0.474 e. The van der Waals surface area contributed by atoms with Crippen molar-refractivity contribution in [2.45, 2.75) is 62.8 Å². The van der Waals surface area contributed by atoms with Crippen LogP contribution in [0.4, 0.5) is 41.2 Å². The molecule has 3 aromatic rings. The van der Waals surface area contributed by atoms with E-state index in [1.54, 1.807) is 31.2 Å². The average Bonchev–Trinajstić information content (AvgIpc) is 3.48.